The Morgan fingerprint density at radius 3 is 2.71 bits per heavy atom. The van der Waals surface area contributed by atoms with Crippen LogP contribution in [0.5, 0.6) is 0 Å². The van der Waals surface area contributed by atoms with E-state index in [1.165, 1.54) is 11.8 Å². The molecule has 0 saturated carbocycles. The van der Waals surface area contributed by atoms with Gasteiger partial charge in [-0.1, -0.05) is 6.07 Å². The molecule has 2 heterocycles. The number of nitrogens with two attached hydrogens (primary N) is 1. The molecule has 2 aromatic rings. The first-order chi connectivity index (χ1) is 18.3. The maximum absolute atomic E-state index is 13.0. The number of nitrogen functional groups attached to an aromatic ring is 1. The van der Waals surface area contributed by atoms with Crippen LogP contribution in [-0.2, 0) is 19.1 Å². The van der Waals surface area contributed by atoms with E-state index >= 15 is 0 Å². The van der Waals surface area contributed by atoms with Gasteiger partial charge in [0.1, 0.15) is 11.1 Å². The van der Waals surface area contributed by atoms with Crippen molar-refractivity contribution in [2.24, 2.45) is 0 Å². The van der Waals surface area contributed by atoms with E-state index in [9.17, 15) is 14.4 Å². The lowest BCUT2D eigenvalue weighted by Gasteiger charge is -2.19. The number of methoxy groups -OCH3 is 1. The standard InChI is InChI=1S/C26H36N6O5S/c1-16-13-17(2)19-14-18(16)21-15-23(32-26(27)31-21)38-12-6-22(33)30-20(5-4-7-28-24(19)34)25(35)29-8-9-37-11-10-36-3/h13-15,20H,4-12H2,1-3H3,(H,28,34)(H,29,35)(H,30,33)(H2,27,31,32). The lowest BCUT2D eigenvalue weighted by atomic mass is 9.97. The van der Waals surface area contributed by atoms with Crippen molar-refractivity contribution < 1.29 is 23.9 Å². The van der Waals surface area contributed by atoms with Gasteiger partial charge < -0.3 is 31.2 Å². The Morgan fingerprint density at radius 1 is 1.13 bits per heavy atom. The summed E-state index contributed by atoms with van der Waals surface area (Å²) in [6.45, 7) is 5.76. The minimum atomic E-state index is -0.729. The van der Waals surface area contributed by atoms with Crippen LogP contribution in [0.2, 0.25) is 0 Å². The zero-order valence-corrected chi connectivity index (χ0v) is 22.9. The van der Waals surface area contributed by atoms with E-state index in [-0.39, 0.29) is 30.1 Å². The first kappa shape index (κ1) is 29.3. The van der Waals surface area contributed by atoms with Crippen molar-refractivity contribution in [3.63, 3.8) is 0 Å². The van der Waals surface area contributed by atoms with Gasteiger partial charge in [0, 0.05) is 43.5 Å². The van der Waals surface area contributed by atoms with Crippen molar-refractivity contribution >= 4 is 35.4 Å². The van der Waals surface area contributed by atoms with Crippen LogP contribution in [0, 0.1) is 13.8 Å². The highest BCUT2D eigenvalue weighted by molar-refractivity contribution is 7.99. The molecule has 0 saturated heterocycles. The number of thioether (sulfide) groups is 1. The van der Waals surface area contributed by atoms with Crippen LogP contribution in [-0.4, -0.2) is 79.5 Å². The van der Waals surface area contributed by atoms with Crippen LogP contribution in [0.25, 0.3) is 11.3 Å². The van der Waals surface area contributed by atoms with Crippen molar-refractivity contribution in [3.05, 3.63) is 34.9 Å². The number of nitrogens with one attached hydrogen (secondary N) is 3. The van der Waals surface area contributed by atoms with E-state index < -0.39 is 6.04 Å². The van der Waals surface area contributed by atoms with Crippen molar-refractivity contribution in [1.82, 2.24) is 25.9 Å². The molecule has 11 nitrogen and oxygen atoms in total. The Kier molecular flexibility index (Phi) is 11.3. The molecule has 1 aromatic heterocycles. The topological polar surface area (TPSA) is 158 Å². The molecular weight excluding hydrogens is 508 g/mol. The van der Waals surface area contributed by atoms with Crippen LogP contribution in [0.3, 0.4) is 0 Å². The largest absolute Gasteiger partial charge is 0.382 e. The van der Waals surface area contributed by atoms with Gasteiger partial charge in [0.15, 0.2) is 0 Å². The van der Waals surface area contributed by atoms with Gasteiger partial charge in [0.2, 0.25) is 17.8 Å². The van der Waals surface area contributed by atoms with Gasteiger partial charge in [0.05, 0.1) is 25.5 Å². The maximum atomic E-state index is 13.0. The third-order valence-electron chi connectivity index (χ3n) is 5.98. The average molecular weight is 545 g/mol. The highest BCUT2D eigenvalue weighted by atomic mass is 32.2. The molecule has 1 aliphatic heterocycles. The summed E-state index contributed by atoms with van der Waals surface area (Å²) in [4.78, 5) is 47.2. The molecule has 38 heavy (non-hydrogen) atoms. The average Bonchev–Trinajstić information content (AvgIpc) is 2.87. The zero-order valence-electron chi connectivity index (χ0n) is 22.1. The monoisotopic (exact) mass is 544 g/mol. The minimum Gasteiger partial charge on any atom is -0.382 e. The van der Waals surface area contributed by atoms with Crippen LogP contribution >= 0.6 is 11.8 Å². The lowest BCUT2D eigenvalue weighted by Crippen LogP contribution is -2.47. The molecule has 0 spiro atoms. The molecule has 5 N–H and O–H groups in total. The van der Waals surface area contributed by atoms with Gasteiger partial charge in [-0.2, -0.15) is 0 Å². The summed E-state index contributed by atoms with van der Waals surface area (Å²) in [5.41, 5.74) is 9.73. The number of anilines is 1. The predicted molar refractivity (Wildman–Crippen MR) is 146 cm³/mol. The summed E-state index contributed by atoms with van der Waals surface area (Å²) in [6.07, 6.45) is 1.07. The van der Waals surface area contributed by atoms with Crippen LogP contribution in [0.1, 0.15) is 40.7 Å². The molecule has 4 bridgehead atoms. The third-order valence-corrected chi connectivity index (χ3v) is 6.89. The van der Waals surface area contributed by atoms with E-state index in [0.29, 0.717) is 67.8 Å². The number of benzene rings is 1. The SMILES string of the molecule is COCCOCCNC(=O)C1CCCNC(=O)c2cc(c(C)cc2C)-c2cc(nc(N)n2)SCCC(=O)N1. The second kappa shape index (κ2) is 14.6. The summed E-state index contributed by atoms with van der Waals surface area (Å²) in [5, 5.41) is 9.19. The number of fused-ring (bicyclic) bond motifs is 5. The van der Waals surface area contributed by atoms with Crippen molar-refractivity contribution in [2.45, 2.75) is 44.2 Å². The molecule has 1 aliphatic rings. The van der Waals surface area contributed by atoms with E-state index in [1.54, 1.807) is 13.2 Å². The first-order valence-corrected chi connectivity index (χ1v) is 13.6. The zero-order chi connectivity index (χ0) is 27.5. The highest BCUT2D eigenvalue weighted by Gasteiger charge is 2.21. The maximum Gasteiger partial charge on any atom is 0.251 e. The fraction of sp³-hybridized carbons (Fsp3) is 0.500. The molecule has 0 radical (unpaired) electrons. The number of hydrogen-bond donors (Lipinski definition) is 4. The fourth-order valence-corrected chi connectivity index (χ4v) is 4.88. The molecule has 0 aliphatic carbocycles. The summed E-state index contributed by atoms with van der Waals surface area (Å²) in [5.74, 6) is -0.202. The Balaban J connectivity index is 1.76. The summed E-state index contributed by atoms with van der Waals surface area (Å²) < 4.78 is 10.3. The number of aromatic nitrogens is 2. The fourth-order valence-electron chi connectivity index (χ4n) is 4.03. The Hall–Kier alpha value is -3.22. The smallest absolute Gasteiger partial charge is 0.251 e. The molecule has 0 fully saturated rings. The molecule has 1 aromatic carbocycles. The summed E-state index contributed by atoms with van der Waals surface area (Å²) in [6, 6.07) is 4.85. The second-order valence-corrected chi connectivity index (χ2v) is 10.1. The number of aryl methyl sites for hydroxylation is 2. The highest BCUT2D eigenvalue weighted by Crippen LogP contribution is 2.29. The number of nitrogens with zero attached hydrogens (tertiary/aromatic N) is 2. The molecular formula is C26H36N6O5S. The summed E-state index contributed by atoms with van der Waals surface area (Å²) in [7, 11) is 1.59. The van der Waals surface area contributed by atoms with E-state index in [2.05, 4.69) is 25.9 Å². The predicted octanol–water partition coefficient (Wildman–Crippen LogP) is 1.61. The number of carbonyl (C=O) groups is 3. The number of carbonyl (C=O) groups excluding carboxylic acids is 3. The molecule has 3 rings (SSSR count). The van der Waals surface area contributed by atoms with E-state index in [1.807, 2.05) is 26.0 Å². The molecule has 1 unspecified atom stereocenters. The Bertz CT molecular complexity index is 1150. The van der Waals surface area contributed by atoms with E-state index in [0.717, 1.165) is 16.7 Å². The van der Waals surface area contributed by atoms with Crippen molar-refractivity contribution in [2.75, 3.05) is 51.5 Å². The van der Waals surface area contributed by atoms with Gasteiger partial charge in [-0.25, -0.2) is 9.97 Å². The Labute approximate surface area is 227 Å². The van der Waals surface area contributed by atoms with Crippen LogP contribution < -0.4 is 21.7 Å². The van der Waals surface area contributed by atoms with Gasteiger partial charge in [0.25, 0.3) is 5.91 Å². The van der Waals surface area contributed by atoms with Crippen LogP contribution in [0.15, 0.2) is 23.2 Å². The summed E-state index contributed by atoms with van der Waals surface area (Å²) >= 11 is 1.38. The quantitative estimate of drug-likeness (QED) is 0.300. The van der Waals surface area contributed by atoms with Crippen molar-refractivity contribution in [3.8, 4) is 11.3 Å². The van der Waals surface area contributed by atoms with Crippen molar-refractivity contribution in [1.29, 1.82) is 0 Å². The van der Waals surface area contributed by atoms with Gasteiger partial charge >= 0.3 is 0 Å². The number of hydrogen-bond acceptors (Lipinski definition) is 9. The lowest BCUT2D eigenvalue weighted by molar-refractivity contribution is -0.129. The first-order valence-electron chi connectivity index (χ1n) is 12.6. The van der Waals surface area contributed by atoms with Gasteiger partial charge in [-0.15, -0.1) is 11.8 Å². The Morgan fingerprint density at radius 2 is 1.92 bits per heavy atom. The van der Waals surface area contributed by atoms with Crippen LogP contribution in [0.4, 0.5) is 5.95 Å². The second-order valence-electron chi connectivity index (χ2n) is 8.94. The minimum absolute atomic E-state index is 0.112. The molecule has 1 atom stereocenters. The van der Waals surface area contributed by atoms with Gasteiger partial charge in [-0.05, 0) is 49.9 Å². The normalized spacial score (nSPS) is 16.8. The number of amides is 3. The molecule has 12 heteroatoms. The molecule has 3 amide bonds. The number of rotatable bonds is 7. The number of ether oxygens (including phenoxy) is 2. The third kappa shape index (κ3) is 8.67. The molecule has 206 valence electrons. The van der Waals surface area contributed by atoms with E-state index in [4.69, 9.17) is 15.2 Å². The van der Waals surface area contributed by atoms with Gasteiger partial charge in [-0.3, -0.25) is 14.4 Å².